The Kier molecular flexibility index (Phi) is 12.7. The van der Waals surface area contributed by atoms with E-state index < -0.39 is 56.9 Å². The second kappa shape index (κ2) is 20.9. The van der Waals surface area contributed by atoms with E-state index in [0.717, 1.165) is 46.2 Å². The number of ether oxygens (including phenoxy) is 2. The van der Waals surface area contributed by atoms with Crippen LogP contribution in [0.15, 0.2) is 266 Å². The number of rotatable bonds is 13. The van der Waals surface area contributed by atoms with Crippen LogP contribution in [-0.2, 0) is 10.8 Å². The zero-order valence-corrected chi connectivity index (χ0v) is 46.7. The van der Waals surface area contributed by atoms with Crippen LogP contribution >= 0.6 is 0 Å². The Morgan fingerprint density at radius 2 is 0.761 bits per heavy atom. The summed E-state index contributed by atoms with van der Waals surface area (Å²) in [6.45, 7) is 7.69. The minimum Gasteiger partial charge on any atom is -0.457 e. The van der Waals surface area contributed by atoms with Gasteiger partial charge in [0.05, 0.1) is 16.5 Å². The zero-order chi connectivity index (χ0) is 60.0. The van der Waals surface area contributed by atoms with Crippen molar-refractivity contribution in [2.45, 2.75) is 10.8 Å². The van der Waals surface area contributed by atoms with Crippen LogP contribution in [0.1, 0.15) is 55.6 Å². The van der Waals surface area contributed by atoms with Gasteiger partial charge in [-0.1, -0.05) is 165 Å². The smallest absolute Gasteiger partial charge is 0.166 e. The fourth-order valence-electron chi connectivity index (χ4n) is 13.5. The molecule has 2 atom stereocenters. The lowest BCUT2D eigenvalue weighted by Gasteiger charge is -2.36. The highest BCUT2D eigenvalue weighted by Crippen LogP contribution is 2.61. The van der Waals surface area contributed by atoms with Gasteiger partial charge in [-0.3, -0.25) is 0 Å². The van der Waals surface area contributed by atoms with Crippen LogP contribution in [0.2, 0.25) is 0 Å². The molecular weight excluding hydrogens is 1110 g/mol. The molecule has 2 aliphatic rings. The predicted molar refractivity (Wildman–Crippen MR) is 336 cm³/mol. The van der Waals surface area contributed by atoms with Crippen LogP contribution < -0.4 is 14.4 Å². The van der Waals surface area contributed by atoms with Gasteiger partial charge >= 0.3 is 0 Å². The van der Waals surface area contributed by atoms with Crippen molar-refractivity contribution in [1.82, 2.24) is 0 Å². The number of fused-ring (bicyclic) bond motifs is 9. The highest BCUT2D eigenvalue weighted by Gasteiger charge is 2.52. The van der Waals surface area contributed by atoms with E-state index in [2.05, 4.69) is 13.2 Å². The second-order valence-corrected chi connectivity index (χ2v) is 21.9. The van der Waals surface area contributed by atoms with Crippen LogP contribution in [0.25, 0.3) is 56.3 Å². The summed E-state index contributed by atoms with van der Waals surface area (Å²) in [5, 5.41) is 1.61. The molecule has 2 unspecified atom stereocenters. The maximum Gasteiger partial charge on any atom is 0.166 e. The standard InChI is InChI=1S/C78H47F6NO3/c1-3-46-20-30-52(31-21-46)86-54-34-24-48(25-35-54)77(72-66(79)40-42-68(81)74(72)83)62-16-8-5-12-56(62)58-38-28-50(44-64(58)77)85(70-18-11-15-61-60-14-7-10-19-71(60)88-76(61)70)51-29-39-59-57-13-6-9-17-63(57)78(65(59)45-51,73-67(80)41-43-69(82)75(73)84)49-26-36-55(37-27-49)87-53-32-22-47(4-2)23-33-53/h3-45H,1-2H2. The molecule has 13 aromatic rings. The van der Waals surface area contributed by atoms with E-state index >= 15 is 26.3 Å². The van der Waals surface area contributed by atoms with E-state index in [1.54, 1.807) is 84.9 Å². The predicted octanol–water partition coefficient (Wildman–Crippen LogP) is 21.5. The van der Waals surface area contributed by atoms with Crippen molar-refractivity contribution in [3.63, 3.8) is 0 Å². The molecule has 0 radical (unpaired) electrons. The molecule has 0 spiro atoms. The summed E-state index contributed by atoms with van der Waals surface area (Å²) in [6.07, 6.45) is 3.45. The first kappa shape index (κ1) is 53.6. The van der Waals surface area contributed by atoms with Crippen molar-refractivity contribution >= 4 is 51.2 Å². The number of hydrogen-bond acceptors (Lipinski definition) is 4. The third-order valence-electron chi connectivity index (χ3n) is 17.3. The molecule has 1 heterocycles. The third kappa shape index (κ3) is 8.16. The van der Waals surface area contributed by atoms with E-state index in [1.165, 1.54) is 0 Å². The molecular formula is C78H47F6NO3. The van der Waals surface area contributed by atoms with Gasteiger partial charge in [0.15, 0.2) is 28.9 Å². The first-order valence-corrected chi connectivity index (χ1v) is 28.5. The molecule has 0 aliphatic heterocycles. The molecule has 1 aromatic heterocycles. The number of para-hydroxylation sites is 2. The van der Waals surface area contributed by atoms with Gasteiger partial charge in [-0.2, -0.15) is 0 Å². The van der Waals surface area contributed by atoms with E-state index in [4.69, 9.17) is 13.9 Å². The molecule has 10 heteroatoms. The Bertz CT molecular complexity index is 4720. The normalized spacial score (nSPS) is 15.3. The van der Waals surface area contributed by atoms with E-state index in [-0.39, 0.29) is 0 Å². The maximum absolute atomic E-state index is 17.4. The van der Waals surface area contributed by atoms with Crippen LogP contribution in [0, 0.1) is 34.9 Å². The summed E-state index contributed by atoms with van der Waals surface area (Å²) >= 11 is 0. The third-order valence-corrected chi connectivity index (χ3v) is 17.3. The molecule has 0 amide bonds. The minimum absolute atomic E-state index is 0.404. The van der Waals surface area contributed by atoms with Crippen LogP contribution in [-0.4, -0.2) is 0 Å². The van der Waals surface area contributed by atoms with Crippen molar-refractivity contribution in [3.8, 4) is 45.3 Å². The maximum atomic E-state index is 17.4. The number of nitrogens with zero attached hydrogens (tertiary/aromatic N) is 1. The van der Waals surface area contributed by atoms with Crippen molar-refractivity contribution in [2.75, 3.05) is 4.90 Å². The lowest BCUT2D eigenvalue weighted by Crippen LogP contribution is -2.32. The number of anilines is 3. The summed E-state index contributed by atoms with van der Waals surface area (Å²) in [5.74, 6) is -5.22. The molecule has 12 aromatic carbocycles. The fraction of sp³-hybridized carbons (Fsp3) is 0.0256. The first-order valence-electron chi connectivity index (χ1n) is 28.5. The second-order valence-electron chi connectivity index (χ2n) is 21.9. The Morgan fingerprint density at radius 1 is 0.364 bits per heavy atom. The lowest BCUT2D eigenvalue weighted by molar-refractivity contribution is 0.463. The van der Waals surface area contributed by atoms with Crippen molar-refractivity contribution < 1.29 is 40.2 Å². The van der Waals surface area contributed by atoms with E-state index in [9.17, 15) is 0 Å². The Labute approximate surface area is 502 Å². The lowest BCUT2D eigenvalue weighted by atomic mass is 9.67. The topological polar surface area (TPSA) is 34.8 Å². The summed E-state index contributed by atoms with van der Waals surface area (Å²) in [5.41, 5.74) is 4.70. The summed E-state index contributed by atoms with van der Waals surface area (Å²) < 4.78 is 121. The first-order chi connectivity index (χ1) is 43.0. The van der Waals surface area contributed by atoms with Crippen LogP contribution in [0.3, 0.4) is 0 Å². The van der Waals surface area contributed by atoms with Gasteiger partial charge < -0.3 is 18.8 Å². The van der Waals surface area contributed by atoms with Crippen molar-refractivity contribution in [1.29, 1.82) is 0 Å². The highest BCUT2D eigenvalue weighted by molar-refractivity contribution is 6.10. The van der Waals surface area contributed by atoms with Crippen LogP contribution in [0.5, 0.6) is 23.0 Å². The Balaban J connectivity index is 0.988. The molecule has 0 bridgehead atoms. The monoisotopic (exact) mass is 1160 g/mol. The summed E-state index contributed by atoms with van der Waals surface area (Å²) in [4.78, 5) is 1.94. The van der Waals surface area contributed by atoms with E-state index in [0.29, 0.717) is 107 Å². The zero-order valence-electron chi connectivity index (χ0n) is 46.7. The summed E-state index contributed by atoms with van der Waals surface area (Å²) in [6, 6.07) is 71.3. The number of hydrogen-bond donors (Lipinski definition) is 0. The average molecular weight is 1160 g/mol. The number of benzene rings is 12. The average Bonchev–Trinajstić information content (AvgIpc) is 1.58. The Hall–Kier alpha value is -11.1. The van der Waals surface area contributed by atoms with Crippen molar-refractivity contribution in [2.24, 2.45) is 0 Å². The molecule has 0 fully saturated rings. The van der Waals surface area contributed by atoms with Gasteiger partial charge in [-0.05, 0) is 176 Å². The van der Waals surface area contributed by atoms with Gasteiger partial charge in [0.25, 0.3) is 0 Å². The van der Waals surface area contributed by atoms with Gasteiger partial charge in [0.2, 0.25) is 0 Å². The molecule has 0 saturated heterocycles. The van der Waals surface area contributed by atoms with E-state index in [1.807, 2.05) is 157 Å². The quantitative estimate of drug-likeness (QED) is 0.0851. The highest BCUT2D eigenvalue weighted by atomic mass is 19.2. The molecule has 88 heavy (non-hydrogen) atoms. The SMILES string of the molecule is C=Cc1ccc(Oc2ccc(C3(c4c(F)ccc(F)c4F)c4ccccc4-c4ccc(N(c5ccc6c(c5)C(c5ccc(Oc7ccc(C=C)cc7)cc5)(c5c(F)ccc(F)c5F)c5ccccc5-6)c5cccc6c5oc5ccccc56)cc43)cc2)cc1. The fourth-order valence-corrected chi connectivity index (χ4v) is 13.5. The molecule has 4 nitrogen and oxygen atoms in total. The molecule has 15 rings (SSSR count). The largest absolute Gasteiger partial charge is 0.457 e. The van der Waals surface area contributed by atoms with Gasteiger partial charge in [-0.15, -0.1) is 0 Å². The summed E-state index contributed by atoms with van der Waals surface area (Å²) in [7, 11) is 0. The molecule has 0 N–H and O–H groups in total. The van der Waals surface area contributed by atoms with Crippen LogP contribution in [0.4, 0.5) is 43.4 Å². The van der Waals surface area contributed by atoms with Crippen molar-refractivity contribution in [3.05, 3.63) is 352 Å². The Morgan fingerprint density at radius 3 is 1.23 bits per heavy atom. The molecule has 2 aliphatic carbocycles. The molecule has 424 valence electrons. The van der Waals surface area contributed by atoms with Gasteiger partial charge in [0.1, 0.15) is 40.2 Å². The molecule has 0 saturated carbocycles. The minimum atomic E-state index is -1.86. The number of furan rings is 1. The van der Waals surface area contributed by atoms with Gasteiger partial charge in [-0.25, -0.2) is 26.3 Å². The van der Waals surface area contributed by atoms with Gasteiger partial charge in [0, 0.05) is 33.3 Å². The number of halogens is 6.